The minimum atomic E-state index is -0.461. The first-order valence-corrected chi connectivity index (χ1v) is 10.7. The summed E-state index contributed by atoms with van der Waals surface area (Å²) in [7, 11) is 2.09. The fourth-order valence-corrected chi connectivity index (χ4v) is 4.50. The zero-order valence-electron chi connectivity index (χ0n) is 18.3. The second-order valence-electron chi connectivity index (χ2n) is 8.54. The molecule has 0 N–H and O–H groups in total. The van der Waals surface area contributed by atoms with Crippen LogP contribution in [0.3, 0.4) is 0 Å². The van der Waals surface area contributed by atoms with E-state index in [4.69, 9.17) is 0 Å². The fraction of sp³-hybridized carbons (Fsp3) is 0.333. The predicted octanol–water partition coefficient (Wildman–Crippen LogP) is 4.25. The molecule has 0 saturated carbocycles. The molecule has 5 rings (SSSR count). The van der Waals surface area contributed by atoms with Crippen molar-refractivity contribution in [2.45, 2.75) is 32.7 Å². The van der Waals surface area contributed by atoms with Gasteiger partial charge in [0.25, 0.3) is 0 Å². The maximum absolute atomic E-state index is 15.2. The monoisotopic (exact) mass is 434 g/mol. The van der Waals surface area contributed by atoms with Gasteiger partial charge in [0.15, 0.2) is 5.65 Å². The maximum atomic E-state index is 15.2. The molecule has 0 bridgehead atoms. The van der Waals surface area contributed by atoms with Crippen LogP contribution < -0.4 is 0 Å². The molecule has 0 amide bonds. The lowest BCUT2D eigenvalue weighted by molar-refractivity contribution is 0.411. The molecule has 4 heterocycles. The van der Waals surface area contributed by atoms with Crippen molar-refractivity contribution in [1.29, 1.82) is 0 Å². The second-order valence-corrected chi connectivity index (χ2v) is 8.54. The molecule has 6 nitrogen and oxygen atoms in total. The van der Waals surface area contributed by atoms with E-state index in [1.54, 1.807) is 19.2 Å². The van der Waals surface area contributed by atoms with Crippen molar-refractivity contribution < 1.29 is 8.78 Å². The van der Waals surface area contributed by atoms with E-state index >= 15 is 4.39 Å². The first-order valence-electron chi connectivity index (χ1n) is 10.7. The summed E-state index contributed by atoms with van der Waals surface area (Å²) in [6.07, 6.45) is 3.73. The number of hydrogen-bond acceptors (Lipinski definition) is 5. The van der Waals surface area contributed by atoms with Gasteiger partial charge in [-0.1, -0.05) is 12.1 Å². The summed E-state index contributed by atoms with van der Waals surface area (Å²) in [5.74, 6) is 0.712. The van der Waals surface area contributed by atoms with Crippen LogP contribution in [0.25, 0.3) is 22.6 Å². The summed E-state index contributed by atoms with van der Waals surface area (Å²) in [6.45, 7) is 5.85. The Kier molecular flexibility index (Phi) is 5.17. The number of aryl methyl sites for hydroxylation is 2. The van der Waals surface area contributed by atoms with E-state index in [0.717, 1.165) is 37.0 Å². The Balaban J connectivity index is 1.60. The summed E-state index contributed by atoms with van der Waals surface area (Å²) in [5.41, 5.74) is 3.98. The normalized spacial score (nSPS) is 16.8. The molecule has 1 atom stereocenters. The molecule has 1 saturated heterocycles. The van der Waals surface area contributed by atoms with Gasteiger partial charge in [-0.15, -0.1) is 0 Å². The Morgan fingerprint density at radius 3 is 2.62 bits per heavy atom. The van der Waals surface area contributed by atoms with Gasteiger partial charge < -0.3 is 9.47 Å². The van der Waals surface area contributed by atoms with Crippen molar-refractivity contribution >= 4 is 11.2 Å². The SMILES string of the molecule is Cc1nc(C)c2nc(-c3cncc(F)c3)n(Cc3ccc(C4CCN(C)C4)cc3F)c2n1. The minimum Gasteiger partial charge on any atom is -0.306 e. The van der Waals surface area contributed by atoms with Gasteiger partial charge in [-0.2, -0.15) is 0 Å². The average molecular weight is 434 g/mol. The van der Waals surface area contributed by atoms with Gasteiger partial charge in [0, 0.05) is 23.9 Å². The molecular formula is C24H24F2N6. The zero-order valence-corrected chi connectivity index (χ0v) is 18.3. The number of benzene rings is 1. The molecule has 0 radical (unpaired) electrons. The second kappa shape index (κ2) is 8.02. The van der Waals surface area contributed by atoms with Gasteiger partial charge in [0.1, 0.15) is 28.8 Å². The number of halogens is 2. The number of pyridine rings is 1. The largest absolute Gasteiger partial charge is 0.306 e. The first kappa shape index (κ1) is 20.6. The number of hydrogen-bond donors (Lipinski definition) is 0. The van der Waals surface area contributed by atoms with E-state index in [9.17, 15) is 4.39 Å². The minimum absolute atomic E-state index is 0.217. The Bertz CT molecular complexity index is 1320. The Hall–Kier alpha value is -3.26. The van der Waals surface area contributed by atoms with Gasteiger partial charge in [0.05, 0.1) is 18.4 Å². The quantitative estimate of drug-likeness (QED) is 0.481. The highest BCUT2D eigenvalue weighted by Gasteiger charge is 2.23. The number of nitrogens with zero attached hydrogens (tertiary/aromatic N) is 6. The maximum Gasteiger partial charge on any atom is 0.164 e. The third kappa shape index (κ3) is 3.75. The van der Waals surface area contributed by atoms with Gasteiger partial charge in [-0.05, 0) is 57.5 Å². The fourth-order valence-electron chi connectivity index (χ4n) is 4.50. The van der Waals surface area contributed by atoms with E-state index < -0.39 is 5.82 Å². The molecule has 1 unspecified atom stereocenters. The lowest BCUT2D eigenvalue weighted by Crippen LogP contribution is -2.13. The molecule has 4 aromatic rings. The van der Waals surface area contributed by atoms with Crippen LogP contribution in [0.5, 0.6) is 0 Å². The highest BCUT2D eigenvalue weighted by molar-refractivity contribution is 5.79. The van der Waals surface area contributed by atoms with E-state index in [1.165, 1.54) is 6.07 Å². The Morgan fingerprint density at radius 2 is 1.91 bits per heavy atom. The lowest BCUT2D eigenvalue weighted by Gasteiger charge is -2.14. The van der Waals surface area contributed by atoms with Crippen LogP contribution in [0.15, 0.2) is 36.7 Å². The zero-order chi connectivity index (χ0) is 22.4. The van der Waals surface area contributed by atoms with Crippen LogP contribution in [0.4, 0.5) is 8.78 Å². The van der Waals surface area contributed by atoms with Gasteiger partial charge in [0.2, 0.25) is 0 Å². The highest BCUT2D eigenvalue weighted by Crippen LogP contribution is 2.30. The van der Waals surface area contributed by atoms with Crippen LogP contribution >= 0.6 is 0 Å². The summed E-state index contributed by atoms with van der Waals surface area (Å²) < 4.78 is 30.9. The third-order valence-electron chi connectivity index (χ3n) is 6.11. The standard InChI is InChI=1S/C24H24F2N6/c1-14-22-24(29-15(2)28-14)32(23(30-22)19-8-20(25)11-27-10-19)13-18-5-4-16(9-21(18)26)17-6-7-31(3)12-17/h4-5,8-11,17H,6-7,12-13H2,1-3H3. The van der Waals surface area contributed by atoms with Crippen molar-refractivity contribution in [3.8, 4) is 11.4 Å². The van der Waals surface area contributed by atoms with Crippen molar-refractivity contribution in [2.24, 2.45) is 0 Å². The molecule has 164 valence electrons. The molecular weight excluding hydrogens is 410 g/mol. The lowest BCUT2D eigenvalue weighted by atomic mass is 9.97. The number of imidazole rings is 1. The molecule has 8 heteroatoms. The molecule has 32 heavy (non-hydrogen) atoms. The van der Waals surface area contributed by atoms with Crippen LogP contribution in [-0.2, 0) is 6.54 Å². The predicted molar refractivity (Wildman–Crippen MR) is 118 cm³/mol. The molecule has 0 aliphatic carbocycles. The van der Waals surface area contributed by atoms with Crippen LogP contribution in [0.2, 0.25) is 0 Å². The van der Waals surface area contributed by atoms with Gasteiger partial charge >= 0.3 is 0 Å². The third-order valence-corrected chi connectivity index (χ3v) is 6.11. The molecule has 1 aromatic carbocycles. The first-order chi connectivity index (χ1) is 15.4. The Morgan fingerprint density at radius 1 is 1.06 bits per heavy atom. The molecule has 1 aliphatic heterocycles. The molecule has 3 aromatic heterocycles. The van der Waals surface area contributed by atoms with E-state index in [2.05, 4.69) is 31.9 Å². The molecule has 0 spiro atoms. The summed E-state index contributed by atoms with van der Waals surface area (Å²) in [4.78, 5) is 19.9. The van der Waals surface area contributed by atoms with E-state index in [1.807, 2.05) is 23.6 Å². The number of rotatable bonds is 4. The summed E-state index contributed by atoms with van der Waals surface area (Å²) >= 11 is 0. The van der Waals surface area contributed by atoms with Crippen LogP contribution in [0.1, 0.15) is 35.0 Å². The number of likely N-dealkylation sites (N-methyl/N-ethyl adjacent to an activating group) is 1. The van der Waals surface area contributed by atoms with Crippen LogP contribution in [0, 0.1) is 25.5 Å². The van der Waals surface area contributed by atoms with E-state index in [0.29, 0.717) is 39.9 Å². The van der Waals surface area contributed by atoms with Gasteiger partial charge in [-0.3, -0.25) is 4.98 Å². The molecule has 1 aliphatic rings. The Labute approximate surface area is 185 Å². The summed E-state index contributed by atoms with van der Waals surface area (Å²) in [5, 5.41) is 0. The van der Waals surface area contributed by atoms with Crippen molar-refractivity contribution in [3.05, 3.63) is 70.9 Å². The topological polar surface area (TPSA) is 59.7 Å². The van der Waals surface area contributed by atoms with Crippen molar-refractivity contribution in [2.75, 3.05) is 20.1 Å². The molecule has 1 fully saturated rings. The number of aromatic nitrogens is 5. The van der Waals surface area contributed by atoms with Crippen molar-refractivity contribution in [3.63, 3.8) is 0 Å². The van der Waals surface area contributed by atoms with E-state index in [-0.39, 0.29) is 12.4 Å². The van der Waals surface area contributed by atoms with Gasteiger partial charge in [-0.25, -0.2) is 23.7 Å². The highest BCUT2D eigenvalue weighted by atomic mass is 19.1. The smallest absolute Gasteiger partial charge is 0.164 e. The van der Waals surface area contributed by atoms with Crippen LogP contribution in [-0.4, -0.2) is 49.5 Å². The van der Waals surface area contributed by atoms with Crippen molar-refractivity contribution in [1.82, 2.24) is 29.4 Å². The summed E-state index contributed by atoms with van der Waals surface area (Å²) in [6, 6.07) is 6.86. The number of likely N-dealkylation sites (tertiary alicyclic amines) is 1. The number of fused-ring (bicyclic) bond motifs is 1. The average Bonchev–Trinajstić information content (AvgIpc) is 3.34.